The summed E-state index contributed by atoms with van der Waals surface area (Å²) in [7, 11) is 4.51. The van der Waals surface area contributed by atoms with Gasteiger partial charge in [-0.05, 0) is 61.0 Å². The van der Waals surface area contributed by atoms with E-state index < -0.39 is 5.97 Å². The van der Waals surface area contributed by atoms with Gasteiger partial charge in [0.1, 0.15) is 17.1 Å². The lowest BCUT2D eigenvalue weighted by atomic mass is 10.0. The Balaban J connectivity index is 1.43. The highest BCUT2D eigenvalue weighted by Gasteiger charge is 2.31. The molecule has 0 amide bonds. The van der Waals surface area contributed by atoms with Crippen LogP contribution in [0.5, 0.6) is 28.7 Å². The molecule has 3 aromatic carbocycles. The van der Waals surface area contributed by atoms with Gasteiger partial charge in [-0.2, -0.15) is 0 Å². The Bertz CT molecular complexity index is 1600. The molecule has 5 rings (SSSR count). The predicted octanol–water partition coefficient (Wildman–Crippen LogP) is 6.26. The van der Waals surface area contributed by atoms with Crippen molar-refractivity contribution in [3.63, 3.8) is 0 Å². The van der Waals surface area contributed by atoms with E-state index in [1.54, 1.807) is 55.5 Å². The number of rotatable bonds is 6. The van der Waals surface area contributed by atoms with Crippen molar-refractivity contribution in [2.24, 2.45) is 0 Å². The molecule has 0 aliphatic carbocycles. The molecule has 37 heavy (non-hydrogen) atoms. The fraction of sp³-hybridized carbons (Fsp3) is 0.143. The monoisotopic (exact) mass is 520 g/mol. The van der Waals surface area contributed by atoms with E-state index in [2.05, 4.69) is 0 Å². The molecule has 1 aliphatic heterocycles. The Morgan fingerprint density at radius 2 is 1.73 bits per heavy atom. The lowest BCUT2D eigenvalue weighted by Crippen LogP contribution is -2.07. The third-order valence-corrected chi connectivity index (χ3v) is 6.09. The van der Waals surface area contributed by atoms with E-state index in [0.29, 0.717) is 49.9 Å². The van der Waals surface area contributed by atoms with Crippen molar-refractivity contribution in [2.75, 3.05) is 21.3 Å². The number of hydrogen-bond acceptors (Lipinski definition) is 8. The zero-order valence-electron chi connectivity index (χ0n) is 20.3. The van der Waals surface area contributed by atoms with Crippen molar-refractivity contribution in [1.29, 1.82) is 0 Å². The van der Waals surface area contributed by atoms with E-state index in [9.17, 15) is 9.59 Å². The molecule has 0 atom stereocenters. The first-order valence-corrected chi connectivity index (χ1v) is 11.5. The van der Waals surface area contributed by atoms with Crippen LogP contribution >= 0.6 is 11.6 Å². The molecule has 0 spiro atoms. The van der Waals surface area contributed by atoms with Crippen LogP contribution in [-0.4, -0.2) is 33.1 Å². The summed E-state index contributed by atoms with van der Waals surface area (Å²) in [4.78, 5) is 25.9. The summed E-state index contributed by atoms with van der Waals surface area (Å²) < 4.78 is 33.2. The number of carbonyl (C=O) groups excluding carboxylic acids is 2. The summed E-state index contributed by atoms with van der Waals surface area (Å²) in [6.07, 6.45) is 1.56. The molecule has 0 N–H and O–H groups in total. The number of ether oxygens (including phenoxy) is 5. The molecule has 0 radical (unpaired) electrons. The summed E-state index contributed by atoms with van der Waals surface area (Å²) in [6.45, 7) is 1.74. The van der Waals surface area contributed by atoms with Gasteiger partial charge in [0.05, 0.1) is 26.9 Å². The lowest BCUT2D eigenvalue weighted by Gasteiger charge is -2.14. The average molecular weight is 521 g/mol. The van der Waals surface area contributed by atoms with E-state index in [4.69, 9.17) is 39.7 Å². The second kappa shape index (κ2) is 9.55. The molecular formula is C28H21ClO8. The summed E-state index contributed by atoms with van der Waals surface area (Å²) in [5.74, 6) is 0.847. The largest absolute Gasteiger partial charge is 0.493 e. The summed E-state index contributed by atoms with van der Waals surface area (Å²) in [5.41, 5.74) is 2.04. The summed E-state index contributed by atoms with van der Waals surface area (Å²) in [5, 5.41) is 1.21. The molecule has 9 heteroatoms. The topological polar surface area (TPSA) is 93.4 Å². The fourth-order valence-corrected chi connectivity index (χ4v) is 4.37. The van der Waals surface area contributed by atoms with Gasteiger partial charge in [0.2, 0.25) is 17.3 Å². The van der Waals surface area contributed by atoms with Gasteiger partial charge in [-0.3, -0.25) is 4.79 Å². The van der Waals surface area contributed by atoms with Crippen LogP contribution in [0.2, 0.25) is 5.02 Å². The predicted molar refractivity (Wildman–Crippen MR) is 136 cm³/mol. The molecular weight excluding hydrogens is 500 g/mol. The number of allylic oxidation sites excluding steroid dienone is 1. The first kappa shape index (κ1) is 24.3. The zero-order chi connectivity index (χ0) is 26.3. The highest BCUT2D eigenvalue weighted by Crippen LogP contribution is 2.43. The number of Topliss-reactive ketones (excluding diaryl/α,β-unsaturated/α-hetero) is 1. The van der Waals surface area contributed by atoms with Crippen molar-refractivity contribution in [2.45, 2.75) is 6.92 Å². The second-order valence-corrected chi connectivity index (χ2v) is 8.60. The zero-order valence-corrected chi connectivity index (χ0v) is 21.1. The van der Waals surface area contributed by atoms with E-state index >= 15 is 0 Å². The van der Waals surface area contributed by atoms with Crippen LogP contribution in [0, 0.1) is 6.92 Å². The lowest BCUT2D eigenvalue weighted by molar-refractivity contribution is 0.0703. The SMILES string of the molecule is COc1ccc(/C=C2\Oc3cc(OC(=O)c4cc5cc(Cl)ccc5o4)cc(C)c3C2=O)c(OC)c1OC. The summed E-state index contributed by atoms with van der Waals surface area (Å²) in [6, 6.07) is 13.1. The number of carbonyl (C=O) groups is 2. The number of benzene rings is 3. The Kier molecular flexibility index (Phi) is 6.27. The number of aryl methyl sites for hydroxylation is 1. The van der Waals surface area contributed by atoms with Gasteiger partial charge in [-0.1, -0.05) is 11.6 Å². The Hall–Kier alpha value is -4.43. The third-order valence-electron chi connectivity index (χ3n) is 5.85. The number of furan rings is 1. The average Bonchev–Trinajstić information content (AvgIpc) is 3.44. The van der Waals surface area contributed by atoms with E-state index in [1.165, 1.54) is 27.4 Å². The number of halogens is 1. The van der Waals surface area contributed by atoms with Gasteiger partial charge >= 0.3 is 5.97 Å². The molecule has 0 unspecified atom stereocenters. The van der Waals surface area contributed by atoms with E-state index in [1.807, 2.05) is 0 Å². The van der Waals surface area contributed by atoms with Gasteiger partial charge in [-0.25, -0.2) is 4.79 Å². The van der Waals surface area contributed by atoms with E-state index in [-0.39, 0.29) is 28.8 Å². The van der Waals surface area contributed by atoms with Crippen LogP contribution in [0.15, 0.2) is 58.7 Å². The first-order chi connectivity index (χ1) is 17.8. The summed E-state index contributed by atoms with van der Waals surface area (Å²) >= 11 is 6.01. The smallest absolute Gasteiger partial charge is 0.379 e. The molecule has 1 aliphatic rings. The minimum absolute atomic E-state index is 0.0218. The van der Waals surface area contributed by atoms with Crippen molar-refractivity contribution in [1.82, 2.24) is 0 Å². The van der Waals surface area contributed by atoms with Crippen molar-refractivity contribution >= 4 is 40.4 Å². The maximum atomic E-state index is 13.2. The maximum Gasteiger partial charge on any atom is 0.379 e. The molecule has 8 nitrogen and oxygen atoms in total. The van der Waals surface area contributed by atoms with Crippen LogP contribution < -0.4 is 23.7 Å². The van der Waals surface area contributed by atoms with Gasteiger partial charge in [-0.15, -0.1) is 0 Å². The Morgan fingerprint density at radius 3 is 2.46 bits per heavy atom. The van der Waals surface area contributed by atoms with Crippen LogP contribution in [-0.2, 0) is 0 Å². The molecule has 4 aromatic rings. The van der Waals surface area contributed by atoms with Crippen LogP contribution in [0.3, 0.4) is 0 Å². The standard InChI is InChI=1S/C28H21ClO8/c1-14-9-18(35-28(31)23-12-16-10-17(29)6-8-19(16)36-23)13-21-24(14)25(30)22(37-21)11-15-5-7-20(32-2)27(34-4)26(15)33-3/h5-13H,1-4H3/b22-11-. The number of esters is 1. The normalized spacial score (nSPS) is 13.4. The van der Waals surface area contributed by atoms with E-state index in [0.717, 1.165) is 0 Å². The van der Waals surface area contributed by atoms with Gasteiger partial charge in [0, 0.05) is 22.0 Å². The van der Waals surface area contributed by atoms with Crippen molar-refractivity contribution in [3.8, 4) is 28.7 Å². The highest BCUT2D eigenvalue weighted by atomic mass is 35.5. The molecule has 0 fully saturated rings. The van der Waals surface area contributed by atoms with Crippen LogP contribution in [0.25, 0.3) is 17.0 Å². The molecule has 2 heterocycles. The Labute approximate surface area is 216 Å². The molecule has 0 saturated heterocycles. The quantitative estimate of drug-likeness (QED) is 0.167. The first-order valence-electron chi connectivity index (χ1n) is 11.1. The van der Waals surface area contributed by atoms with Crippen molar-refractivity contribution < 1.29 is 37.7 Å². The van der Waals surface area contributed by atoms with Crippen molar-refractivity contribution in [3.05, 3.63) is 81.8 Å². The maximum absolute atomic E-state index is 13.2. The number of ketones is 1. The van der Waals surface area contributed by atoms with Crippen LogP contribution in [0.1, 0.15) is 32.0 Å². The number of hydrogen-bond donors (Lipinski definition) is 0. The molecule has 0 bridgehead atoms. The minimum Gasteiger partial charge on any atom is -0.493 e. The van der Waals surface area contributed by atoms with Gasteiger partial charge < -0.3 is 28.1 Å². The molecule has 188 valence electrons. The van der Waals surface area contributed by atoms with Gasteiger partial charge in [0.15, 0.2) is 17.3 Å². The number of fused-ring (bicyclic) bond motifs is 2. The molecule has 1 aromatic heterocycles. The van der Waals surface area contributed by atoms with Gasteiger partial charge in [0.25, 0.3) is 0 Å². The third kappa shape index (κ3) is 4.36. The second-order valence-electron chi connectivity index (χ2n) is 8.16. The fourth-order valence-electron chi connectivity index (χ4n) is 4.19. The molecule has 0 saturated carbocycles. The number of methoxy groups -OCH3 is 3. The van der Waals surface area contributed by atoms with Crippen LogP contribution in [0.4, 0.5) is 0 Å². The minimum atomic E-state index is -0.693. The Morgan fingerprint density at radius 1 is 0.946 bits per heavy atom. The highest BCUT2D eigenvalue weighted by molar-refractivity contribution is 6.31.